The summed E-state index contributed by atoms with van der Waals surface area (Å²) in [5, 5.41) is 6.07. The Hall–Kier alpha value is -1.80. The zero-order chi connectivity index (χ0) is 19.2. The second-order valence-corrected chi connectivity index (χ2v) is 8.36. The quantitative estimate of drug-likeness (QED) is 0.805. The van der Waals surface area contributed by atoms with Crippen molar-refractivity contribution in [3.63, 3.8) is 0 Å². The number of nitrogens with one attached hydrogen (secondary N) is 1. The van der Waals surface area contributed by atoms with E-state index in [2.05, 4.69) is 20.1 Å². The minimum Gasteiger partial charge on any atom is -0.381 e. The SMILES string of the molecule is O=C(CN1CCN(C2CCOCC2)CC1)NC(c1ccccc1)c1nccs1. The average Bonchev–Trinajstić information content (AvgIpc) is 3.28. The largest absolute Gasteiger partial charge is 0.381 e. The standard InChI is InChI=1S/C21H28N4O2S/c26-19(16-24-9-11-25(12-10-24)18-6-13-27-14-7-18)23-20(21-22-8-15-28-21)17-4-2-1-3-5-17/h1-5,8,15,18,20H,6-7,9-14,16H2,(H,23,26). The first-order valence-electron chi connectivity index (χ1n) is 10.1. The van der Waals surface area contributed by atoms with Crippen LogP contribution in [0.5, 0.6) is 0 Å². The summed E-state index contributed by atoms with van der Waals surface area (Å²) in [4.78, 5) is 22.0. The second-order valence-electron chi connectivity index (χ2n) is 7.44. The van der Waals surface area contributed by atoms with Crippen molar-refractivity contribution in [1.82, 2.24) is 20.1 Å². The van der Waals surface area contributed by atoms with Gasteiger partial charge in [-0.2, -0.15) is 0 Å². The van der Waals surface area contributed by atoms with Crippen molar-refractivity contribution in [2.45, 2.75) is 24.9 Å². The highest BCUT2D eigenvalue weighted by atomic mass is 32.1. The fraction of sp³-hybridized carbons (Fsp3) is 0.524. The van der Waals surface area contributed by atoms with Crippen molar-refractivity contribution in [1.29, 1.82) is 0 Å². The summed E-state index contributed by atoms with van der Waals surface area (Å²) in [6.45, 7) is 6.15. The third-order valence-electron chi connectivity index (χ3n) is 5.62. The van der Waals surface area contributed by atoms with Gasteiger partial charge in [-0.25, -0.2) is 4.98 Å². The maximum Gasteiger partial charge on any atom is 0.235 e. The molecule has 0 bridgehead atoms. The molecule has 2 fully saturated rings. The van der Waals surface area contributed by atoms with Gasteiger partial charge >= 0.3 is 0 Å². The number of rotatable bonds is 6. The van der Waals surface area contributed by atoms with Crippen LogP contribution in [0.2, 0.25) is 0 Å². The molecule has 0 saturated carbocycles. The van der Waals surface area contributed by atoms with Crippen molar-refractivity contribution < 1.29 is 9.53 Å². The first-order valence-corrected chi connectivity index (χ1v) is 11.0. The Kier molecular flexibility index (Phi) is 6.69. The van der Waals surface area contributed by atoms with Crippen molar-refractivity contribution in [2.24, 2.45) is 0 Å². The van der Waals surface area contributed by atoms with E-state index in [0.717, 1.165) is 62.8 Å². The molecule has 1 unspecified atom stereocenters. The van der Waals surface area contributed by atoms with E-state index in [1.807, 2.05) is 35.7 Å². The van der Waals surface area contributed by atoms with Gasteiger partial charge < -0.3 is 10.1 Å². The summed E-state index contributed by atoms with van der Waals surface area (Å²) in [5.74, 6) is 0.0589. The van der Waals surface area contributed by atoms with E-state index in [1.54, 1.807) is 17.5 Å². The lowest BCUT2D eigenvalue weighted by Gasteiger charge is -2.40. The Bertz CT molecular complexity index is 726. The number of carbonyl (C=O) groups excluding carboxylic acids is 1. The number of aromatic nitrogens is 1. The molecule has 0 aliphatic carbocycles. The van der Waals surface area contributed by atoms with Crippen LogP contribution in [0.4, 0.5) is 0 Å². The molecule has 150 valence electrons. The van der Waals surface area contributed by atoms with Crippen LogP contribution < -0.4 is 5.32 Å². The van der Waals surface area contributed by atoms with E-state index in [9.17, 15) is 4.79 Å². The predicted molar refractivity (Wildman–Crippen MR) is 110 cm³/mol. The maximum absolute atomic E-state index is 12.8. The highest BCUT2D eigenvalue weighted by Gasteiger charge is 2.27. The molecular formula is C21H28N4O2S. The third kappa shape index (κ3) is 4.97. The van der Waals surface area contributed by atoms with E-state index in [1.165, 1.54) is 0 Å². The fourth-order valence-corrected chi connectivity index (χ4v) is 4.77. The Morgan fingerprint density at radius 3 is 2.61 bits per heavy atom. The highest BCUT2D eigenvalue weighted by molar-refractivity contribution is 7.09. The van der Waals surface area contributed by atoms with Gasteiger partial charge in [-0.1, -0.05) is 30.3 Å². The summed E-state index contributed by atoms with van der Waals surface area (Å²) in [7, 11) is 0. The number of carbonyl (C=O) groups is 1. The topological polar surface area (TPSA) is 57.7 Å². The molecule has 1 aromatic carbocycles. The summed E-state index contributed by atoms with van der Waals surface area (Å²) < 4.78 is 5.47. The van der Waals surface area contributed by atoms with Gasteiger partial charge in [-0.05, 0) is 18.4 Å². The van der Waals surface area contributed by atoms with Crippen LogP contribution in [0.1, 0.15) is 29.5 Å². The molecule has 6 nitrogen and oxygen atoms in total. The average molecular weight is 401 g/mol. The lowest BCUT2D eigenvalue weighted by molar-refractivity contribution is -0.123. The summed E-state index contributed by atoms with van der Waals surface area (Å²) in [5.41, 5.74) is 1.06. The Labute approximate surface area is 170 Å². The zero-order valence-corrected chi connectivity index (χ0v) is 16.9. The molecule has 1 amide bonds. The number of ether oxygens (including phenoxy) is 1. The normalized spacial score (nSPS) is 20.7. The molecule has 4 rings (SSSR count). The minimum absolute atomic E-state index is 0.0589. The monoisotopic (exact) mass is 400 g/mol. The Morgan fingerprint density at radius 2 is 1.93 bits per heavy atom. The Morgan fingerprint density at radius 1 is 1.18 bits per heavy atom. The number of thiazole rings is 1. The molecular weight excluding hydrogens is 372 g/mol. The number of hydrogen-bond donors (Lipinski definition) is 1. The van der Waals surface area contributed by atoms with Gasteiger partial charge in [0, 0.05) is 57.0 Å². The Balaban J connectivity index is 1.31. The van der Waals surface area contributed by atoms with Crippen molar-refractivity contribution in [3.05, 3.63) is 52.5 Å². The van der Waals surface area contributed by atoms with E-state index in [4.69, 9.17) is 4.74 Å². The lowest BCUT2D eigenvalue weighted by atomic mass is 10.1. The van der Waals surface area contributed by atoms with Crippen LogP contribution in [-0.2, 0) is 9.53 Å². The van der Waals surface area contributed by atoms with Crippen LogP contribution in [-0.4, -0.2) is 72.7 Å². The molecule has 2 aliphatic rings. The molecule has 2 saturated heterocycles. The van der Waals surface area contributed by atoms with Gasteiger partial charge in [0.15, 0.2) is 0 Å². The van der Waals surface area contributed by atoms with E-state index in [0.29, 0.717) is 12.6 Å². The van der Waals surface area contributed by atoms with Gasteiger partial charge in [-0.3, -0.25) is 14.6 Å². The number of benzene rings is 1. The van der Waals surface area contributed by atoms with Gasteiger partial charge in [0.05, 0.1) is 6.54 Å². The van der Waals surface area contributed by atoms with Crippen LogP contribution in [0.15, 0.2) is 41.9 Å². The smallest absolute Gasteiger partial charge is 0.235 e. The third-order valence-corrected chi connectivity index (χ3v) is 6.46. The number of piperazine rings is 1. The molecule has 1 N–H and O–H groups in total. The molecule has 0 spiro atoms. The highest BCUT2D eigenvalue weighted by Crippen LogP contribution is 2.23. The van der Waals surface area contributed by atoms with Crippen LogP contribution >= 0.6 is 11.3 Å². The number of hydrogen-bond acceptors (Lipinski definition) is 6. The molecule has 1 atom stereocenters. The van der Waals surface area contributed by atoms with Gasteiger partial charge in [0.1, 0.15) is 11.0 Å². The predicted octanol–water partition coefficient (Wildman–Crippen LogP) is 2.15. The zero-order valence-electron chi connectivity index (χ0n) is 16.1. The number of nitrogens with zero attached hydrogens (tertiary/aromatic N) is 3. The van der Waals surface area contributed by atoms with E-state index >= 15 is 0 Å². The van der Waals surface area contributed by atoms with Crippen molar-refractivity contribution >= 4 is 17.2 Å². The molecule has 2 aromatic rings. The summed E-state index contributed by atoms with van der Waals surface area (Å²) in [6.07, 6.45) is 4.05. The number of amides is 1. The van der Waals surface area contributed by atoms with Crippen molar-refractivity contribution in [3.8, 4) is 0 Å². The van der Waals surface area contributed by atoms with Crippen molar-refractivity contribution in [2.75, 3.05) is 45.9 Å². The summed E-state index contributed by atoms with van der Waals surface area (Å²) in [6, 6.07) is 10.5. The first kappa shape index (κ1) is 19.5. The van der Waals surface area contributed by atoms with Gasteiger partial charge in [0.25, 0.3) is 0 Å². The lowest BCUT2D eigenvalue weighted by Crippen LogP contribution is -2.53. The fourth-order valence-electron chi connectivity index (χ4n) is 4.06. The van der Waals surface area contributed by atoms with Gasteiger partial charge in [0.2, 0.25) is 5.91 Å². The second kappa shape index (κ2) is 9.60. The van der Waals surface area contributed by atoms with Crippen LogP contribution in [0.25, 0.3) is 0 Å². The van der Waals surface area contributed by atoms with Gasteiger partial charge in [-0.15, -0.1) is 11.3 Å². The van der Waals surface area contributed by atoms with E-state index < -0.39 is 0 Å². The molecule has 1 aromatic heterocycles. The molecule has 7 heteroatoms. The van der Waals surface area contributed by atoms with E-state index in [-0.39, 0.29) is 11.9 Å². The molecule has 0 radical (unpaired) electrons. The molecule has 2 aliphatic heterocycles. The first-order chi connectivity index (χ1) is 13.8. The molecule has 28 heavy (non-hydrogen) atoms. The minimum atomic E-state index is -0.183. The van der Waals surface area contributed by atoms with Crippen LogP contribution in [0.3, 0.4) is 0 Å². The maximum atomic E-state index is 12.8. The molecule has 3 heterocycles. The summed E-state index contributed by atoms with van der Waals surface area (Å²) >= 11 is 1.57. The van der Waals surface area contributed by atoms with Crippen LogP contribution in [0, 0.1) is 0 Å².